The third-order valence-corrected chi connectivity index (χ3v) is 6.94. The van der Waals surface area contributed by atoms with Crippen molar-refractivity contribution in [1.29, 1.82) is 0 Å². The van der Waals surface area contributed by atoms with Crippen molar-refractivity contribution in [2.75, 3.05) is 7.11 Å². The van der Waals surface area contributed by atoms with Crippen LogP contribution in [0, 0.1) is 11.8 Å². The molecule has 166 valence electrons. The number of carbonyl (C=O) groups is 3. The van der Waals surface area contributed by atoms with Gasteiger partial charge in [0, 0.05) is 21.8 Å². The highest BCUT2D eigenvalue weighted by Crippen LogP contribution is 2.46. The lowest BCUT2D eigenvalue weighted by atomic mass is 9.70. The molecule has 1 aliphatic heterocycles. The lowest BCUT2D eigenvalue weighted by Crippen LogP contribution is -2.43. The molecular weight excluding hydrogens is 426 g/mol. The summed E-state index contributed by atoms with van der Waals surface area (Å²) in [5.41, 5.74) is 3.16. The molecule has 0 amide bonds. The molecule has 0 saturated heterocycles. The fourth-order valence-corrected chi connectivity index (χ4v) is 5.34. The second-order valence-corrected chi connectivity index (χ2v) is 9.09. The van der Waals surface area contributed by atoms with Crippen LogP contribution in [0.3, 0.4) is 0 Å². The average Bonchev–Trinajstić information content (AvgIpc) is 3.31. The van der Waals surface area contributed by atoms with Gasteiger partial charge in [-0.1, -0.05) is 43.3 Å². The van der Waals surface area contributed by atoms with Gasteiger partial charge in [0.25, 0.3) is 0 Å². The van der Waals surface area contributed by atoms with Gasteiger partial charge in [0.05, 0.1) is 18.6 Å². The van der Waals surface area contributed by atoms with E-state index in [4.69, 9.17) is 9.47 Å². The lowest BCUT2D eigenvalue weighted by Gasteiger charge is -2.37. The standard InChI is InChI=1S/C25H25NO5S/c1-14-12-17-21(23(27)19(14)24(28)30-3)22(18-10-7-11-32-18)20(15(2)26-17)25(29)31-13-16-8-5-4-6-9-16/h4-11,14,19,22,26H,12-13H2,1-3H3. The minimum Gasteiger partial charge on any atom is -0.468 e. The topological polar surface area (TPSA) is 81.7 Å². The Hall–Kier alpha value is -3.19. The zero-order valence-electron chi connectivity index (χ0n) is 18.2. The number of ether oxygens (including phenoxy) is 2. The van der Waals surface area contributed by atoms with Gasteiger partial charge >= 0.3 is 11.9 Å². The maximum atomic E-state index is 13.6. The molecule has 4 rings (SSSR count). The molecule has 32 heavy (non-hydrogen) atoms. The number of thiophene rings is 1. The van der Waals surface area contributed by atoms with E-state index in [0.717, 1.165) is 16.1 Å². The van der Waals surface area contributed by atoms with Gasteiger partial charge in [-0.25, -0.2) is 4.79 Å². The average molecular weight is 452 g/mol. The Morgan fingerprint density at radius 2 is 1.91 bits per heavy atom. The summed E-state index contributed by atoms with van der Waals surface area (Å²) in [5.74, 6) is -2.99. The van der Waals surface area contributed by atoms with Gasteiger partial charge in [0.2, 0.25) is 0 Å². The van der Waals surface area contributed by atoms with Crippen LogP contribution in [0.2, 0.25) is 0 Å². The third kappa shape index (κ3) is 4.00. The Morgan fingerprint density at radius 1 is 1.16 bits per heavy atom. The number of hydrogen-bond acceptors (Lipinski definition) is 7. The normalized spacial score (nSPS) is 22.8. The van der Waals surface area contributed by atoms with Gasteiger partial charge in [-0.3, -0.25) is 9.59 Å². The fourth-order valence-electron chi connectivity index (χ4n) is 4.49. The highest BCUT2D eigenvalue weighted by atomic mass is 32.1. The van der Waals surface area contributed by atoms with Crippen LogP contribution in [-0.4, -0.2) is 24.8 Å². The highest BCUT2D eigenvalue weighted by Gasteiger charge is 2.47. The Kier molecular flexibility index (Phi) is 6.28. The Balaban J connectivity index is 1.72. The van der Waals surface area contributed by atoms with Crippen molar-refractivity contribution >= 4 is 29.1 Å². The zero-order valence-corrected chi connectivity index (χ0v) is 19.0. The molecule has 0 bridgehead atoms. The summed E-state index contributed by atoms with van der Waals surface area (Å²) in [7, 11) is 1.29. The second-order valence-electron chi connectivity index (χ2n) is 8.11. The Labute approximate surface area is 190 Å². The van der Waals surface area contributed by atoms with Crippen LogP contribution >= 0.6 is 11.3 Å². The number of benzene rings is 1. The van der Waals surface area contributed by atoms with Crippen LogP contribution in [0.4, 0.5) is 0 Å². The second kappa shape index (κ2) is 9.12. The SMILES string of the molecule is COC(=O)C1C(=O)C2=C(CC1C)NC(C)=C(C(=O)OCc1ccccc1)C2c1cccs1. The first-order chi connectivity index (χ1) is 15.4. The fraction of sp³-hybridized carbons (Fsp3) is 0.320. The van der Waals surface area contributed by atoms with Crippen LogP contribution in [-0.2, 0) is 30.5 Å². The molecule has 1 aromatic heterocycles. The number of esters is 2. The zero-order chi connectivity index (χ0) is 22.8. The molecule has 3 atom stereocenters. The van der Waals surface area contributed by atoms with Crippen LogP contribution in [0.15, 0.2) is 70.4 Å². The predicted molar refractivity (Wildman–Crippen MR) is 120 cm³/mol. The number of allylic oxidation sites excluding steroid dienone is 3. The maximum Gasteiger partial charge on any atom is 0.337 e. The van der Waals surface area contributed by atoms with E-state index in [-0.39, 0.29) is 18.3 Å². The number of dihydropyridines is 1. The molecule has 7 heteroatoms. The summed E-state index contributed by atoms with van der Waals surface area (Å²) < 4.78 is 10.6. The monoisotopic (exact) mass is 451 g/mol. The van der Waals surface area contributed by atoms with Gasteiger partial charge in [-0.15, -0.1) is 11.3 Å². The van der Waals surface area contributed by atoms with Crippen molar-refractivity contribution in [2.45, 2.75) is 32.8 Å². The Bertz CT molecular complexity index is 1100. The predicted octanol–water partition coefficient (Wildman–Crippen LogP) is 4.10. The molecule has 6 nitrogen and oxygen atoms in total. The van der Waals surface area contributed by atoms with E-state index in [1.807, 2.05) is 61.7 Å². The summed E-state index contributed by atoms with van der Waals surface area (Å²) in [4.78, 5) is 40.1. The summed E-state index contributed by atoms with van der Waals surface area (Å²) in [5, 5.41) is 5.18. The molecule has 2 aliphatic rings. The Morgan fingerprint density at radius 3 is 2.56 bits per heavy atom. The molecule has 2 heterocycles. The van der Waals surface area contributed by atoms with E-state index >= 15 is 0 Å². The molecule has 2 aromatic rings. The number of ketones is 1. The largest absolute Gasteiger partial charge is 0.468 e. The molecule has 0 spiro atoms. The van der Waals surface area contributed by atoms with E-state index in [9.17, 15) is 14.4 Å². The maximum absolute atomic E-state index is 13.6. The van der Waals surface area contributed by atoms with Crippen molar-refractivity contribution in [3.05, 3.63) is 80.8 Å². The summed E-state index contributed by atoms with van der Waals surface area (Å²) >= 11 is 1.47. The molecule has 1 aromatic carbocycles. The molecule has 1 aliphatic carbocycles. The van der Waals surface area contributed by atoms with Crippen molar-refractivity contribution in [1.82, 2.24) is 5.32 Å². The first-order valence-electron chi connectivity index (χ1n) is 10.5. The molecule has 3 unspecified atom stereocenters. The minimum atomic E-state index is -0.886. The molecule has 0 fully saturated rings. The number of carbonyl (C=O) groups excluding carboxylic acids is 3. The van der Waals surface area contributed by atoms with E-state index in [1.165, 1.54) is 18.4 Å². The minimum absolute atomic E-state index is 0.134. The van der Waals surface area contributed by atoms with Gasteiger partial charge < -0.3 is 14.8 Å². The summed E-state index contributed by atoms with van der Waals surface area (Å²) in [6, 6.07) is 13.2. The summed E-state index contributed by atoms with van der Waals surface area (Å²) in [6.45, 7) is 3.83. The smallest absolute Gasteiger partial charge is 0.337 e. The first-order valence-corrected chi connectivity index (χ1v) is 11.4. The van der Waals surface area contributed by atoms with Crippen molar-refractivity contribution in [3.8, 4) is 0 Å². The van der Waals surface area contributed by atoms with Crippen molar-refractivity contribution in [3.63, 3.8) is 0 Å². The third-order valence-electron chi connectivity index (χ3n) is 6.00. The van der Waals surface area contributed by atoms with E-state index in [2.05, 4.69) is 5.32 Å². The van der Waals surface area contributed by atoms with Crippen molar-refractivity contribution in [2.24, 2.45) is 11.8 Å². The highest BCUT2D eigenvalue weighted by molar-refractivity contribution is 7.10. The van der Waals surface area contributed by atoms with E-state index in [1.54, 1.807) is 0 Å². The summed E-state index contributed by atoms with van der Waals surface area (Å²) in [6.07, 6.45) is 0.520. The van der Waals surface area contributed by atoms with E-state index in [0.29, 0.717) is 23.3 Å². The van der Waals surface area contributed by atoms with Gasteiger partial charge in [-0.2, -0.15) is 0 Å². The molecule has 0 radical (unpaired) electrons. The van der Waals surface area contributed by atoms with Crippen LogP contribution in [0.25, 0.3) is 0 Å². The first kappa shape index (κ1) is 22.0. The lowest BCUT2D eigenvalue weighted by molar-refractivity contribution is -0.151. The molecule has 1 N–H and O–H groups in total. The number of nitrogens with one attached hydrogen (secondary N) is 1. The number of methoxy groups -OCH3 is 1. The van der Waals surface area contributed by atoms with E-state index < -0.39 is 23.8 Å². The quantitative estimate of drug-likeness (QED) is 0.544. The van der Waals surface area contributed by atoms with Crippen LogP contribution in [0.5, 0.6) is 0 Å². The number of hydrogen-bond donors (Lipinski definition) is 1. The van der Waals surface area contributed by atoms with Gasteiger partial charge in [0.1, 0.15) is 12.5 Å². The molecular formula is C25H25NO5S. The number of Topliss-reactive ketones (excluding diaryl/α,β-unsaturated/α-hetero) is 1. The van der Waals surface area contributed by atoms with Gasteiger partial charge in [-0.05, 0) is 36.3 Å². The molecule has 0 saturated carbocycles. The van der Waals surface area contributed by atoms with Crippen molar-refractivity contribution < 1.29 is 23.9 Å². The van der Waals surface area contributed by atoms with Crippen LogP contribution in [0.1, 0.15) is 36.6 Å². The number of rotatable bonds is 5. The van der Waals surface area contributed by atoms with Gasteiger partial charge in [0.15, 0.2) is 5.78 Å². The van der Waals surface area contributed by atoms with Crippen LogP contribution < -0.4 is 5.32 Å².